The molecule has 68 valence electrons. The molecule has 0 aromatic carbocycles. The van der Waals surface area contributed by atoms with Gasteiger partial charge in [-0.05, 0) is 20.5 Å². The van der Waals surface area contributed by atoms with Crippen molar-refractivity contribution in [2.75, 3.05) is 13.6 Å². The van der Waals surface area contributed by atoms with Gasteiger partial charge >= 0.3 is 6.18 Å². The van der Waals surface area contributed by atoms with Gasteiger partial charge in [-0.25, -0.2) is 4.39 Å². The highest BCUT2D eigenvalue weighted by Crippen LogP contribution is 2.35. The Kier molecular flexibility index (Phi) is 3.29. The second kappa shape index (κ2) is 3.38. The number of halogens is 4. The van der Waals surface area contributed by atoms with Gasteiger partial charge in [0, 0.05) is 6.42 Å². The lowest BCUT2D eigenvalue weighted by Gasteiger charge is -2.22. The van der Waals surface area contributed by atoms with Gasteiger partial charge in [0.25, 0.3) is 0 Å². The number of rotatable bonds is 3. The van der Waals surface area contributed by atoms with E-state index in [1.54, 1.807) is 0 Å². The third kappa shape index (κ3) is 3.05. The van der Waals surface area contributed by atoms with Crippen molar-refractivity contribution in [1.82, 2.24) is 5.32 Å². The highest BCUT2D eigenvalue weighted by Gasteiger charge is 2.51. The fourth-order valence-corrected chi connectivity index (χ4v) is 0.501. The lowest BCUT2D eigenvalue weighted by atomic mass is 10.0. The summed E-state index contributed by atoms with van der Waals surface area (Å²) in [7, 11) is 1.48. The van der Waals surface area contributed by atoms with Crippen LogP contribution < -0.4 is 5.32 Å². The molecule has 0 spiro atoms. The zero-order valence-corrected chi connectivity index (χ0v) is 6.43. The van der Waals surface area contributed by atoms with Crippen molar-refractivity contribution >= 4 is 0 Å². The minimum absolute atomic E-state index is 0.0203. The predicted octanol–water partition coefficient (Wildman–Crippen LogP) is 1.89. The smallest absolute Gasteiger partial charge is 0.320 e. The van der Waals surface area contributed by atoms with Gasteiger partial charge in [-0.15, -0.1) is 0 Å². The van der Waals surface area contributed by atoms with Crippen molar-refractivity contribution in [3.63, 3.8) is 0 Å². The first-order valence-electron chi connectivity index (χ1n) is 3.21. The van der Waals surface area contributed by atoms with E-state index in [4.69, 9.17) is 0 Å². The molecule has 11 heavy (non-hydrogen) atoms. The molecule has 0 radical (unpaired) electrons. The molecule has 1 nitrogen and oxygen atoms in total. The maximum Gasteiger partial charge on any atom is 0.422 e. The standard InChI is InChI=1S/C6H11F4N/c1-5(7,3-4-11-2)6(8,9)10/h11H,3-4H2,1-2H3. The number of hydrogen-bond donors (Lipinski definition) is 1. The molecule has 0 saturated heterocycles. The van der Waals surface area contributed by atoms with Gasteiger partial charge in [-0.2, -0.15) is 13.2 Å². The summed E-state index contributed by atoms with van der Waals surface area (Å²) in [4.78, 5) is 0. The largest absolute Gasteiger partial charge is 0.422 e. The van der Waals surface area contributed by atoms with Crippen LogP contribution in [0.3, 0.4) is 0 Å². The molecule has 1 unspecified atom stereocenters. The molecule has 0 aliphatic rings. The van der Waals surface area contributed by atoms with Crippen LogP contribution in [-0.2, 0) is 0 Å². The van der Waals surface area contributed by atoms with Crippen LogP contribution in [0.2, 0.25) is 0 Å². The van der Waals surface area contributed by atoms with Crippen LogP contribution in [0.25, 0.3) is 0 Å². The van der Waals surface area contributed by atoms with Gasteiger partial charge in [0.15, 0.2) is 0 Å². The van der Waals surface area contributed by atoms with Crippen LogP contribution in [0.1, 0.15) is 13.3 Å². The highest BCUT2D eigenvalue weighted by molar-refractivity contribution is 4.82. The average Bonchev–Trinajstić information content (AvgIpc) is 1.81. The molecule has 5 heteroatoms. The SMILES string of the molecule is CNCCC(C)(F)C(F)(F)F. The van der Waals surface area contributed by atoms with Crippen molar-refractivity contribution in [2.45, 2.75) is 25.2 Å². The molecule has 1 N–H and O–H groups in total. The molecular weight excluding hydrogens is 162 g/mol. The Bertz CT molecular complexity index is 118. The third-order valence-electron chi connectivity index (χ3n) is 1.44. The van der Waals surface area contributed by atoms with Crippen molar-refractivity contribution in [3.8, 4) is 0 Å². The average molecular weight is 173 g/mol. The van der Waals surface area contributed by atoms with E-state index >= 15 is 0 Å². The molecule has 0 aliphatic heterocycles. The van der Waals surface area contributed by atoms with Crippen LogP contribution in [0.15, 0.2) is 0 Å². The molecule has 0 rings (SSSR count). The summed E-state index contributed by atoms with van der Waals surface area (Å²) >= 11 is 0. The van der Waals surface area contributed by atoms with E-state index in [9.17, 15) is 17.6 Å². The summed E-state index contributed by atoms with van der Waals surface area (Å²) in [6.07, 6.45) is -5.31. The van der Waals surface area contributed by atoms with Crippen molar-refractivity contribution < 1.29 is 17.6 Å². The van der Waals surface area contributed by atoms with Crippen LogP contribution in [-0.4, -0.2) is 25.4 Å². The van der Waals surface area contributed by atoms with E-state index in [1.165, 1.54) is 7.05 Å². The predicted molar refractivity (Wildman–Crippen MR) is 34.1 cm³/mol. The summed E-state index contributed by atoms with van der Waals surface area (Å²) in [5.74, 6) is 0. The number of alkyl halides is 4. The lowest BCUT2D eigenvalue weighted by Crippen LogP contribution is -2.39. The van der Waals surface area contributed by atoms with E-state index in [0.29, 0.717) is 6.92 Å². The fourth-order valence-electron chi connectivity index (χ4n) is 0.501. The zero-order chi connectivity index (χ0) is 9.12. The molecule has 0 aliphatic carbocycles. The summed E-state index contributed by atoms with van der Waals surface area (Å²) in [6.45, 7) is 0.566. The Morgan fingerprint density at radius 2 is 1.64 bits per heavy atom. The van der Waals surface area contributed by atoms with Gasteiger partial charge in [-0.3, -0.25) is 0 Å². The first-order valence-corrected chi connectivity index (χ1v) is 3.21. The third-order valence-corrected chi connectivity index (χ3v) is 1.44. The Morgan fingerprint density at radius 1 is 1.18 bits per heavy atom. The number of hydrogen-bond acceptors (Lipinski definition) is 1. The Morgan fingerprint density at radius 3 is 1.91 bits per heavy atom. The Balaban J connectivity index is 4.00. The van der Waals surface area contributed by atoms with Crippen LogP contribution in [0.4, 0.5) is 17.6 Å². The summed E-state index contributed by atoms with van der Waals surface area (Å²) in [5, 5.41) is 2.46. The second-order valence-corrected chi connectivity index (χ2v) is 2.55. The van der Waals surface area contributed by atoms with Gasteiger partial charge < -0.3 is 5.32 Å². The first kappa shape index (κ1) is 10.7. The lowest BCUT2D eigenvalue weighted by molar-refractivity contribution is -0.225. The van der Waals surface area contributed by atoms with Crippen LogP contribution >= 0.6 is 0 Å². The maximum absolute atomic E-state index is 12.6. The van der Waals surface area contributed by atoms with Gasteiger partial charge in [-0.1, -0.05) is 0 Å². The molecule has 0 amide bonds. The molecule has 0 fully saturated rings. The summed E-state index contributed by atoms with van der Waals surface area (Å²) in [5.41, 5.74) is -3.07. The zero-order valence-electron chi connectivity index (χ0n) is 6.43. The first-order chi connectivity index (χ1) is 4.81. The molecular formula is C6H11F4N. The van der Waals surface area contributed by atoms with Gasteiger partial charge in [0.05, 0.1) is 0 Å². The molecule has 0 saturated carbocycles. The van der Waals surface area contributed by atoms with Gasteiger partial charge in [0.1, 0.15) is 0 Å². The van der Waals surface area contributed by atoms with E-state index in [2.05, 4.69) is 5.32 Å². The summed E-state index contributed by atoms with van der Waals surface area (Å²) in [6, 6.07) is 0. The molecule has 0 heterocycles. The molecule has 0 aromatic rings. The minimum atomic E-state index is -4.76. The van der Waals surface area contributed by atoms with Crippen molar-refractivity contribution in [2.24, 2.45) is 0 Å². The maximum atomic E-state index is 12.6. The second-order valence-electron chi connectivity index (χ2n) is 2.55. The molecule has 0 aromatic heterocycles. The minimum Gasteiger partial charge on any atom is -0.320 e. The Hall–Kier alpha value is -0.320. The fraction of sp³-hybridized carbons (Fsp3) is 1.00. The number of nitrogens with one attached hydrogen (secondary N) is 1. The molecule has 1 atom stereocenters. The topological polar surface area (TPSA) is 12.0 Å². The van der Waals surface area contributed by atoms with Crippen LogP contribution in [0.5, 0.6) is 0 Å². The Labute approximate surface area is 62.8 Å². The van der Waals surface area contributed by atoms with Gasteiger partial charge in [0.2, 0.25) is 5.67 Å². The van der Waals surface area contributed by atoms with E-state index in [1.807, 2.05) is 0 Å². The van der Waals surface area contributed by atoms with E-state index in [-0.39, 0.29) is 6.54 Å². The van der Waals surface area contributed by atoms with Crippen molar-refractivity contribution in [1.29, 1.82) is 0 Å². The highest BCUT2D eigenvalue weighted by atomic mass is 19.4. The van der Waals surface area contributed by atoms with E-state index < -0.39 is 18.3 Å². The molecule has 0 bridgehead atoms. The van der Waals surface area contributed by atoms with Crippen molar-refractivity contribution in [3.05, 3.63) is 0 Å². The monoisotopic (exact) mass is 173 g/mol. The van der Waals surface area contributed by atoms with E-state index in [0.717, 1.165) is 0 Å². The normalized spacial score (nSPS) is 18.0. The quantitative estimate of drug-likeness (QED) is 0.642. The summed E-state index contributed by atoms with van der Waals surface area (Å²) < 4.78 is 47.9. The van der Waals surface area contributed by atoms with Crippen LogP contribution in [0, 0.1) is 0 Å².